The lowest BCUT2D eigenvalue weighted by Crippen LogP contribution is -2.45. The molecule has 1 N–H and O–H groups in total. The van der Waals surface area contributed by atoms with Crippen molar-refractivity contribution in [2.24, 2.45) is 5.92 Å². The number of piperidine rings is 1. The Morgan fingerprint density at radius 3 is 2.76 bits per heavy atom. The maximum atomic E-state index is 13.0. The smallest absolute Gasteiger partial charge is 0.254 e. The number of rotatable bonds is 7. The summed E-state index contributed by atoms with van der Waals surface area (Å²) in [6, 6.07) is 13.2. The first-order valence-corrected chi connectivity index (χ1v) is 10.1. The molecule has 2 amide bonds. The molecule has 0 aromatic heterocycles. The Kier molecular flexibility index (Phi) is 7.22. The third kappa shape index (κ3) is 5.79. The SMILES string of the molecule is CCCNC(=O)C1CCCN(C(=O)c2cccc(OCc3ccc(F)cc3)c2)C1. The van der Waals surface area contributed by atoms with Crippen molar-refractivity contribution in [3.63, 3.8) is 0 Å². The zero-order valence-electron chi connectivity index (χ0n) is 16.7. The van der Waals surface area contributed by atoms with Crippen molar-refractivity contribution in [3.8, 4) is 5.75 Å². The van der Waals surface area contributed by atoms with Crippen LogP contribution in [0.2, 0.25) is 0 Å². The fourth-order valence-electron chi connectivity index (χ4n) is 3.42. The quantitative estimate of drug-likeness (QED) is 0.772. The Morgan fingerprint density at radius 2 is 2.00 bits per heavy atom. The molecule has 0 bridgehead atoms. The first-order valence-electron chi connectivity index (χ1n) is 10.1. The number of carbonyl (C=O) groups is 2. The summed E-state index contributed by atoms with van der Waals surface area (Å²) in [5, 5.41) is 2.93. The minimum Gasteiger partial charge on any atom is -0.489 e. The molecule has 3 rings (SSSR count). The molecule has 6 heteroatoms. The van der Waals surface area contributed by atoms with E-state index in [4.69, 9.17) is 4.74 Å². The molecular formula is C23H27FN2O3. The van der Waals surface area contributed by atoms with Crippen molar-refractivity contribution in [2.45, 2.75) is 32.8 Å². The van der Waals surface area contributed by atoms with Crippen molar-refractivity contribution in [2.75, 3.05) is 19.6 Å². The first-order chi connectivity index (χ1) is 14.1. The zero-order valence-corrected chi connectivity index (χ0v) is 16.7. The maximum Gasteiger partial charge on any atom is 0.254 e. The van der Waals surface area contributed by atoms with Gasteiger partial charge in [0.25, 0.3) is 5.91 Å². The second-order valence-electron chi connectivity index (χ2n) is 7.32. The molecule has 1 fully saturated rings. The van der Waals surface area contributed by atoms with E-state index in [-0.39, 0.29) is 23.5 Å². The fourth-order valence-corrected chi connectivity index (χ4v) is 3.42. The van der Waals surface area contributed by atoms with Crippen molar-refractivity contribution < 1.29 is 18.7 Å². The zero-order chi connectivity index (χ0) is 20.6. The average Bonchev–Trinajstić information content (AvgIpc) is 2.77. The summed E-state index contributed by atoms with van der Waals surface area (Å²) >= 11 is 0. The van der Waals surface area contributed by atoms with Crippen LogP contribution in [0, 0.1) is 11.7 Å². The van der Waals surface area contributed by atoms with Crippen LogP contribution in [-0.2, 0) is 11.4 Å². The van der Waals surface area contributed by atoms with Gasteiger partial charge in [-0.1, -0.05) is 25.1 Å². The van der Waals surface area contributed by atoms with Crippen molar-refractivity contribution >= 4 is 11.8 Å². The summed E-state index contributed by atoms with van der Waals surface area (Å²) < 4.78 is 18.8. The van der Waals surface area contributed by atoms with Crippen LogP contribution in [0.25, 0.3) is 0 Å². The summed E-state index contributed by atoms with van der Waals surface area (Å²) in [4.78, 5) is 27.0. The molecule has 1 saturated heterocycles. The molecule has 5 nitrogen and oxygen atoms in total. The molecule has 0 aliphatic carbocycles. The highest BCUT2D eigenvalue weighted by molar-refractivity contribution is 5.95. The van der Waals surface area contributed by atoms with Gasteiger partial charge in [-0.15, -0.1) is 0 Å². The van der Waals surface area contributed by atoms with Crippen molar-refractivity contribution in [1.82, 2.24) is 10.2 Å². The number of halogens is 1. The molecule has 1 aliphatic rings. The van der Waals surface area contributed by atoms with Gasteiger partial charge >= 0.3 is 0 Å². The number of benzene rings is 2. The maximum absolute atomic E-state index is 13.0. The third-order valence-electron chi connectivity index (χ3n) is 5.03. The molecule has 29 heavy (non-hydrogen) atoms. The molecule has 1 unspecified atom stereocenters. The van der Waals surface area contributed by atoms with Gasteiger partial charge in [-0.05, 0) is 55.2 Å². The standard InChI is InChI=1S/C23H27FN2O3/c1-2-12-25-22(27)19-6-4-13-26(15-19)23(28)18-5-3-7-21(14-18)29-16-17-8-10-20(24)11-9-17/h3,5,7-11,14,19H,2,4,6,12-13,15-16H2,1H3,(H,25,27). The molecule has 0 saturated carbocycles. The number of carbonyl (C=O) groups excluding carboxylic acids is 2. The largest absolute Gasteiger partial charge is 0.489 e. The van der Waals surface area contributed by atoms with Gasteiger partial charge in [-0.2, -0.15) is 0 Å². The number of hydrogen-bond acceptors (Lipinski definition) is 3. The Labute approximate surface area is 170 Å². The van der Waals surface area contributed by atoms with E-state index < -0.39 is 0 Å². The van der Waals surface area contributed by atoms with Gasteiger partial charge in [0.1, 0.15) is 18.2 Å². The molecular weight excluding hydrogens is 371 g/mol. The summed E-state index contributed by atoms with van der Waals surface area (Å²) in [6.07, 6.45) is 2.52. The van der Waals surface area contributed by atoms with E-state index in [0.717, 1.165) is 24.8 Å². The van der Waals surface area contributed by atoms with Crippen LogP contribution in [0.3, 0.4) is 0 Å². The molecule has 0 radical (unpaired) electrons. The van der Waals surface area contributed by atoms with E-state index >= 15 is 0 Å². The number of likely N-dealkylation sites (tertiary alicyclic amines) is 1. The number of hydrogen-bond donors (Lipinski definition) is 1. The van der Waals surface area contributed by atoms with Gasteiger partial charge in [-0.25, -0.2) is 4.39 Å². The molecule has 2 aromatic carbocycles. The van der Waals surface area contributed by atoms with E-state index in [2.05, 4.69) is 5.32 Å². The minimum atomic E-state index is -0.287. The Balaban J connectivity index is 1.61. The fraction of sp³-hybridized carbons (Fsp3) is 0.391. The molecule has 1 aliphatic heterocycles. The van der Waals surface area contributed by atoms with Gasteiger partial charge in [0, 0.05) is 25.2 Å². The molecule has 154 valence electrons. The van der Waals surface area contributed by atoms with Gasteiger partial charge in [0.2, 0.25) is 5.91 Å². The average molecular weight is 398 g/mol. The molecule has 0 spiro atoms. The number of nitrogens with zero attached hydrogens (tertiary/aromatic N) is 1. The van der Waals surface area contributed by atoms with E-state index in [9.17, 15) is 14.0 Å². The van der Waals surface area contributed by atoms with Crippen LogP contribution < -0.4 is 10.1 Å². The normalized spacial score (nSPS) is 16.3. The van der Waals surface area contributed by atoms with Crippen LogP contribution in [0.5, 0.6) is 5.75 Å². The first kappa shape index (κ1) is 20.8. The van der Waals surface area contributed by atoms with E-state index in [0.29, 0.717) is 37.6 Å². The number of amides is 2. The van der Waals surface area contributed by atoms with Crippen molar-refractivity contribution in [3.05, 3.63) is 65.5 Å². The van der Waals surface area contributed by atoms with Crippen LogP contribution in [0.1, 0.15) is 42.1 Å². The lowest BCUT2D eigenvalue weighted by Gasteiger charge is -2.32. The van der Waals surface area contributed by atoms with E-state index in [1.165, 1.54) is 12.1 Å². The van der Waals surface area contributed by atoms with Crippen LogP contribution in [0.4, 0.5) is 4.39 Å². The van der Waals surface area contributed by atoms with E-state index in [1.807, 2.05) is 6.92 Å². The highest BCUT2D eigenvalue weighted by Crippen LogP contribution is 2.21. The lowest BCUT2D eigenvalue weighted by atomic mass is 9.96. The summed E-state index contributed by atoms with van der Waals surface area (Å²) in [5.41, 5.74) is 1.39. The van der Waals surface area contributed by atoms with E-state index in [1.54, 1.807) is 41.3 Å². The second-order valence-corrected chi connectivity index (χ2v) is 7.32. The highest BCUT2D eigenvalue weighted by atomic mass is 19.1. The lowest BCUT2D eigenvalue weighted by molar-refractivity contribution is -0.126. The van der Waals surface area contributed by atoms with Crippen LogP contribution >= 0.6 is 0 Å². The third-order valence-corrected chi connectivity index (χ3v) is 5.03. The summed E-state index contributed by atoms with van der Waals surface area (Å²) in [7, 11) is 0. The Hall–Kier alpha value is -2.89. The highest BCUT2D eigenvalue weighted by Gasteiger charge is 2.28. The predicted octanol–water partition coefficient (Wildman–Crippen LogP) is 3.78. The molecule has 1 heterocycles. The topological polar surface area (TPSA) is 58.6 Å². The van der Waals surface area contributed by atoms with Crippen LogP contribution in [0.15, 0.2) is 48.5 Å². The Morgan fingerprint density at radius 1 is 1.21 bits per heavy atom. The Bertz CT molecular complexity index is 838. The number of ether oxygens (including phenoxy) is 1. The van der Waals surface area contributed by atoms with Gasteiger partial charge in [0.15, 0.2) is 0 Å². The number of nitrogens with one attached hydrogen (secondary N) is 1. The van der Waals surface area contributed by atoms with Gasteiger partial charge < -0.3 is 15.0 Å². The van der Waals surface area contributed by atoms with Gasteiger partial charge in [0.05, 0.1) is 5.92 Å². The molecule has 1 atom stereocenters. The molecule has 2 aromatic rings. The van der Waals surface area contributed by atoms with Gasteiger partial charge in [-0.3, -0.25) is 9.59 Å². The second kappa shape index (κ2) is 10.0. The monoisotopic (exact) mass is 398 g/mol. The predicted molar refractivity (Wildman–Crippen MR) is 109 cm³/mol. The van der Waals surface area contributed by atoms with Crippen molar-refractivity contribution in [1.29, 1.82) is 0 Å². The minimum absolute atomic E-state index is 0.0285. The summed E-state index contributed by atoms with van der Waals surface area (Å²) in [5.74, 6) is 0.0714. The van der Waals surface area contributed by atoms with Crippen LogP contribution in [-0.4, -0.2) is 36.3 Å². The summed E-state index contributed by atoms with van der Waals surface area (Å²) in [6.45, 7) is 4.06.